The Bertz CT molecular complexity index is 295. The quantitative estimate of drug-likeness (QED) is 0.401. The third-order valence-corrected chi connectivity index (χ3v) is 1.50. The van der Waals surface area contributed by atoms with Gasteiger partial charge in [-0.25, -0.2) is 0 Å². The van der Waals surface area contributed by atoms with Gasteiger partial charge in [0.15, 0.2) is 0 Å². The Morgan fingerprint density at radius 1 is 1.33 bits per heavy atom. The third-order valence-electron chi connectivity index (χ3n) is 1.50. The van der Waals surface area contributed by atoms with Crippen LogP contribution in [0, 0.1) is 17.7 Å². The Labute approximate surface area is 53.9 Å². The molecular formula is C5H8BN3. The minimum absolute atomic E-state index is 0.329. The van der Waals surface area contributed by atoms with Crippen molar-refractivity contribution in [1.82, 2.24) is 0 Å². The van der Waals surface area contributed by atoms with Crippen molar-refractivity contribution in [3.63, 3.8) is 0 Å². The number of rotatable bonds is 1. The van der Waals surface area contributed by atoms with Gasteiger partial charge in [0.25, 0.3) is 0 Å². The first-order valence-electron chi connectivity index (χ1n) is 2.75. The molecule has 3 N–H and O–H groups in total. The molecule has 0 spiro atoms. The molecule has 0 radical (unpaired) electrons. The molecule has 0 aliphatic carbocycles. The maximum atomic E-state index is 7.18. The molecule has 1 rings (SSSR count). The molecule has 0 saturated heterocycles. The van der Waals surface area contributed by atoms with Crippen LogP contribution >= 0.6 is 0 Å². The van der Waals surface area contributed by atoms with Crippen molar-refractivity contribution in [2.24, 2.45) is 0 Å². The van der Waals surface area contributed by atoms with Gasteiger partial charge >= 0.3 is 0 Å². The molecule has 0 bridgehead atoms. The van der Waals surface area contributed by atoms with Crippen molar-refractivity contribution in [1.29, 1.82) is 10.8 Å². The summed E-state index contributed by atoms with van der Waals surface area (Å²) in [5.74, 6) is 0. The highest BCUT2D eigenvalue weighted by Gasteiger charge is 2.06. The van der Waals surface area contributed by atoms with E-state index in [2.05, 4.69) is 5.23 Å². The van der Waals surface area contributed by atoms with Crippen LogP contribution in [0.4, 0.5) is 5.69 Å². The van der Waals surface area contributed by atoms with Crippen molar-refractivity contribution < 1.29 is 0 Å². The van der Waals surface area contributed by atoms with Gasteiger partial charge in [0.05, 0.1) is 11.0 Å². The maximum absolute atomic E-state index is 7.18. The normalized spacial score (nSPS) is 9.89. The Hall–Kier alpha value is -1.06. The monoisotopic (exact) mass is 121 g/mol. The zero-order chi connectivity index (χ0) is 7.02. The van der Waals surface area contributed by atoms with Gasteiger partial charge in [-0.2, -0.15) is 0 Å². The van der Waals surface area contributed by atoms with E-state index in [1.807, 2.05) is 6.92 Å². The zero-order valence-corrected chi connectivity index (χ0v) is 5.50. The van der Waals surface area contributed by atoms with Crippen molar-refractivity contribution >= 4 is 13.7 Å². The van der Waals surface area contributed by atoms with Gasteiger partial charge in [0.1, 0.15) is 5.36 Å². The summed E-state index contributed by atoms with van der Waals surface area (Å²) >= 11 is 0. The number of hydrogen-bond acceptors (Lipinski definition) is 3. The Balaban J connectivity index is 3.25. The van der Waals surface area contributed by atoms with Crippen molar-refractivity contribution in [2.45, 2.75) is 6.92 Å². The lowest BCUT2D eigenvalue weighted by molar-refractivity contribution is 1.06. The van der Waals surface area contributed by atoms with Crippen LogP contribution in [0.15, 0.2) is 0 Å². The summed E-state index contributed by atoms with van der Waals surface area (Å²) in [5, 5.41) is 17.9. The van der Waals surface area contributed by atoms with E-state index in [1.165, 1.54) is 0 Å². The standard InChI is InChI=1S/C5H8BN3/c1-2-3(7)4(8)5(2)9-6/h7-9H,6H2,1H3. The lowest BCUT2D eigenvalue weighted by Crippen LogP contribution is -2.36. The fraction of sp³-hybridized carbons (Fsp3) is 0.200. The second kappa shape index (κ2) is 1.72. The van der Waals surface area contributed by atoms with Crippen LogP contribution in [0.3, 0.4) is 0 Å². The van der Waals surface area contributed by atoms with Crippen LogP contribution in [0.1, 0.15) is 5.56 Å². The molecule has 0 unspecified atom stereocenters. The maximum Gasteiger partial charge on any atom is 0.214 e. The van der Waals surface area contributed by atoms with E-state index in [4.69, 9.17) is 10.8 Å². The van der Waals surface area contributed by atoms with E-state index in [0.717, 1.165) is 11.3 Å². The van der Waals surface area contributed by atoms with Gasteiger partial charge < -0.3 is 5.23 Å². The molecule has 3 nitrogen and oxygen atoms in total. The summed E-state index contributed by atoms with van der Waals surface area (Å²) in [6, 6.07) is 0. The molecule has 0 saturated carbocycles. The van der Waals surface area contributed by atoms with Gasteiger partial charge in [-0.05, 0) is 6.92 Å². The topological polar surface area (TPSA) is 59.7 Å². The molecule has 1 aromatic carbocycles. The van der Waals surface area contributed by atoms with E-state index in [-0.39, 0.29) is 0 Å². The first kappa shape index (κ1) is 6.07. The van der Waals surface area contributed by atoms with Crippen LogP contribution in [-0.2, 0) is 0 Å². The minimum atomic E-state index is 0.329. The Morgan fingerprint density at radius 2 is 1.89 bits per heavy atom. The summed E-state index contributed by atoms with van der Waals surface area (Å²) in [5.41, 5.74) is 1.70. The van der Waals surface area contributed by atoms with Gasteiger partial charge in [0.2, 0.25) is 7.98 Å². The lowest BCUT2D eigenvalue weighted by atomic mass is 10.1. The molecule has 0 atom stereocenters. The summed E-state index contributed by atoms with van der Waals surface area (Å²) < 4.78 is 0. The van der Waals surface area contributed by atoms with Crippen LogP contribution in [0.2, 0.25) is 0 Å². The van der Waals surface area contributed by atoms with Crippen LogP contribution in [-0.4, -0.2) is 7.98 Å². The SMILES string of the molecule is BNc1c(C)c(=N)c1=N. The summed E-state index contributed by atoms with van der Waals surface area (Å²) in [6.07, 6.45) is 0. The summed E-state index contributed by atoms with van der Waals surface area (Å²) in [7, 11) is 1.76. The van der Waals surface area contributed by atoms with Crippen LogP contribution in [0.5, 0.6) is 0 Å². The predicted octanol–water partition coefficient (Wildman–Crippen LogP) is -1.21. The van der Waals surface area contributed by atoms with E-state index < -0.39 is 0 Å². The number of anilines is 1. The second-order valence-electron chi connectivity index (χ2n) is 2.00. The second-order valence-corrected chi connectivity index (χ2v) is 2.00. The van der Waals surface area contributed by atoms with E-state index in [0.29, 0.717) is 10.7 Å². The predicted molar refractivity (Wildman–Crippen MR) is 37.4 cm³/mol. The molecule has 0 aliphatic heterocycles. The minimum Gasteiger partial charge on any atom is -0.432 e. The number of nitrogens with one attached hydrogen (secondary N) is 3. The Kier molecular flexibility index (Phi) is 1.16. The lowest BCUT2D eigenvalue weighted by Gasteiger charge is -2.08. The Morgan fingerprint density at radius 3 is 2.11 bits per heavy atom. The average Bonchev–Trinajstić information content (AvgIpc) is 1.89. The average molecular weight is 121 g/mol. The molecule has 46 valence electrons. The molecule has 0 aromatic heterocycles. The van der Waals surface area contributed by atoms with Gasteiger partial charge in [-0.1, -0.05) is 0 Å². The molecular weight excluding hydrogens is 113 g/mol. The first-order chi connectivity index (χ1) is 4.18. The molecule has 1 aromatic rings. The fourth-order valence-corrected chi connectivity index (χ4v) is 0.875. The highest BCUT2D eigenvalue weighted by Crippen LogP contribution is 2.01. The molecule has 0 aliphatic rings. The van der Waals surface area contributed by atoms with Crippen molar-refractivity contribution in [2.75, 3.05) is 5.23 Å². The van der Waals surface area contributed by atoms with Crippen LogP contribution < -0.4 is 15.9 Å². The van der Waals surface area contributed by atoms with E-state index in [9.17, 15) is 0 Å². The smallest absolute Gasteiger partial charge is 0.214 e. The summed E-state index contributed by atoms with van der Waals surface area (Å²) in [6.45, 7) is 1.84. The molecule has 4 heteroatoms. The first-order valence-corrected chi connectivity index (χ1v) is 2.75. The van der Waals surface area contributed by atoms with Crippen molar-refractivity contribution in [3.05, 3.63) is 16.3 Å². The van der Waals surface area contributed by atoms with Gasteiger partial charge in [-0.3, -0.25) is 10.8 Å². The fourth-order valence-electron chi connectivity index (χ4n) is 0.875. The third kappa shape index (κ3) is 0.591. The molecule has 0 heterocycles. The van der Waals surface area contributed by atoms with E-state index in [1.54, 1.807) is 7.98 Å². The zero-order valence-electron chi connectivity index (χ0n) is 5.50. The summed E-state index contributed by atoms with van der Waals surface area (Å²) in [4.78, 5) is 0. The highest BCUT2D eigenvalue weighted by molar-refractivity contribution is 6.16. The molecule has 0 amide bonds. The highest BCUT2D eigenvalue weighted by atomic mass is 14.8. The molecule has 0 fully saturated rings. The van der Waals surface area contributed by atoms with Crippen molar-refractivity contribution in [3.8, 4) is 0 Å². The van der Waals surface area contributed by atoms with Gasteiger partial charge in [-0.15, -0.1) is 0 Å². The molecule has 9 heavy (non-hydrogen) atoms. The van der Waals surface area contributed by atoms with Crippen LogP contribution in [0.25, 0.3) is 0 Å². The number of hydrogen-bond donors (Lipinski definition) is 3. The van der Waals surface area contributed by atoms with Gasteiger partial charge in [0, 0.05) is 5.56 Å². The largest absolute Gasteiger partial charge is 0.432 e. The van der Waals surface area contributed by atoms with E-state index >= 15 is 0 Å².